The number of carbonyl (C=O) groups is 2. The Kier molecular flexibility index (Phi) is 11.0. The number of sulfonamides is 1. The molecule has 36 heavy (non-hydrogen) atoms. The molecule has 0 bridgehead atoms. The van der Waals surface area contributed by atoms with E-state index in [9.17, 15) is 18.0 Å². The Morgan fingerprint density at radius 3 is 2.11 bits per heavy atom. The van der Waals surface area contributed by atoms with Crippen molar-refractivity contribution < 1.29 is 18.0 Å². The molecular formula is C28H41N3O4S. The third-order valence-electron chi connectivity index (χ3n) is 6.23. The van der Waals surface area contributed by atoms with Crippen LogP contribution in [-0.4, -0.2) is 50.0 Å². The van der Waals surface area contributed by atoms with Crippen LogP contribution >= 0.6 is 0 Å². The lowest BCUT2D eigenvalue weighted by Crippen LogP contribution is -2.50. The molecule has 0 aliphatic heterocycles. The normalized spacial score (nSPS) is 13.1. The Morgan fingerprint density at radius 2 is 1.58 bits per heavy atom. The van der Waals surface area contributed by atoms with E-state index < -0.39 is 16.1 Å². The van der Waals surface area contributed by atoms with E-state index in [2.05, 4.69) is 5.32 Å². The minimum Gasteiger partial charge on any atom is -0.352 e. The average molecular weight is 516 g/mol. The molecule has 0 saturated heterocycles. The minimum atomic E-state index is -3.52. The van der Waals surface area contributed by atoms with Crippen LogP contribution in [0.4, 0.5) is 5.69 Å². The van der Waals surface area contributed by atoms with Gasteiger partial charge in [0.25, 0.3) is 0 Å². The van der Waals surface area contributed by atoms with Gasteiger partial charge in [0.05, 0.1) is 11.9 Å². The minimum absolute atomic E-state index is 0.0151. The first-order chi connectivity index (χ1) is 17.0. The van der Waals surface area contributed by atoms with Crippen molar-refractivity contribution in [3.05, 3.63) is 65.2 Å². The van der Waals surface area contributed by atoms with E-state index in [1.165, 1.54) is 10.6 Å². The summed E-state index contributed by atoms with van der Waals surface area (Å²) in [5.41, 5.74) is 3.49. The summed E-state index contributed by atoms with van der Waals surface area (Å²) in [7, 11) is -3.52. The molecular weight excluding hydrogens is 474 g/mol. The largest absolute Gasteiger partial charge is 0.352 e. The molecule has 2 aromatic carbocycles. The molecule has 2 atom stereocenters. The summed E-state index contributed by atoms with van der Waals surface area (Å²) >= 11 is 0. The molecule has 2 aromatic rings. The van der Waals surface area contributed by atoms with Crippen LogP contribution in [0.15, 0.2) is 48.5 Å². The molecule has 0 aromatic heterocycles. The van der Waals surface area contributed by atoms with E-state index in [0.717, 1.165) is 23.1 Å². The van der Waals surface area contributed by atoms with Crippen molar-refractivity contribution in [2.45, 2.75) is 78.9 Å². The number of nitrogens with zero attached hydrogens (tertiary/aromatic N) is 2. The lowest BCUT2D eigenvalue weighted by atomic mass is 10.1. The fraction of sp³-hybridized carbons (Fsp3) is 0.500. The van der Waals surface area contributed by atoms with Gasteiger partial charge in [-0.15, -0.1) is 0 Å². The Balaban J connectivity index is 2.22. The quantitative estimate of drug-likeness (QED) is 0.423. The predicted molar refractivity (Wildman–Crippen MR) is 146 cm³/mol. The fourth-order valence-electron chi connectivity index (χ4n) is 4.24. The van der Waals surface area contributed by atoms with Crippen molar-refractivity contribution >= 4 is 27.5 Å². The zero-order valence-corrected chi connectivity index (χ0v) is 23.3. The first-order valence-corrected chi connectivity index (χ1v) is 14.5. The number of carbonyl (C=O) groups excluding carboxylic acids is 2. The molecule has 198 valence electrons. The summed E-state index contributed by atoms with van der Waals surface area (Å²) < 4.78 is 26.5. The predicted octanol–water partition coefficient (Wildman–Crippen LogP) is 4.57. The first kappa shape index (κ1) is 29.4. The Bertz CT molecular complexity index is 1100. The summed E-state index contributed by atoms with van der Waals surface area (Å²) in [6.07, 6.45) is 2.94. The van der Waals surface area contributed by atoms with Crippen molar-refractivity contribution in [2.24, 2.45) is 0 Å². The molecule has 0 aliphatic rings. The molecule has 2 rings (SSSR count). The summed E-state index contributed by atoms with van der Waals surface area (Å²) in [5.74, 6) is -0.331. The second kappa shape index (κ2) is 13.4. The van der Waals surface area contributed by atoms with Gasteiger partial charge in [0.1, 0.15) is 6.04 Å². The van der Waals surface area contributed by atoms with Gasteiger partial charge in [-0.1, -0.05) is 50.2 Å². The molecule has 0 spiro atoms. The molecule has 2 amide bonds. The maximum absolute atomic E-state index is 13.5. The van der Waals surface area contributed by atoms with Crippen molar-refractivity contribution in [3.63, 3.8) is 0 Å². The lowest BCUT2D eigenvalue weighted by molar-refractivity contribution is -0.141. The van der Waals surface area contributed by atoms with Crippen molar-refractivity contribution in [3.8, 4) is 0 Å². The van der Waals surface area contributed by atoms with Gasteiger partial charge in [-0.3, -0.25) is 13.9 Å². The highest BCUT2D eigenvalue weighted by atomic mass is 32.2. The van der Waals surface area contributed by atoms with Crippen molar-refractivity contribution in [2.75, 3.05) is 17.1 Å². The number of hydrogen-bond donors (Lipinski definition) is 1. The lowest BCUT2D eigenvalue weighted by Gasteiger charge is -2.32. The number of rotatable bonds is 13. The van der Waals surface area contributed by atoms with Crippen LogP contribution in [0.3, 0.4) is 0 Å². The number of hydrogen-bond acceptors (Lipinski definition) is 4. The molecule has 1 N–H and O–H groups in total. The van der Waals surface area contributed by atoms with Crippen molar-refractivity contribution in [1.82, 2.24) is 10.2 Å². The highest BCUT2D eigenvalue weighted by molar-refractivity contribution is 7.92. The summed E-state index contributed by atoms with van der Waals surface area (Å²) in [5, 5.41) is 3.01. The summed E-state index contributed by atoms with van der Waals surface area (Å²) in [4.78, 5) is 28.1. The van der Waals surface area contributed by atoms with E-state index in [1.807, 2.05) is 83.1 Å². The van der Waals surface area contributed by atoms with Gasteiger partial charge in [0.15, 0.2) is 0 Å². The molecule has 0 saturated carbocycles. The standard InChI is InChI=1S/C28H41N3O4S/c1-7-23(5)29-28(33)26(8-2)30(20-24-13-10-9-11-14-24)27(32)15-12-16-31(36(6,34)35)25-18-21(3)17-22(4)19-25/h9-11,13-14,17-19,23,26H,7-8,12,15-16,20H2,1-6H3,(H,29,33)/t23-,26-/m0/s1. The smallest absolute Gasteiger partial charge is 0.243 e. The molecule has 0 heterocycles. The zero-order chi connectivity index (χ0) is 26.9. The third kappa shape index (κ3) is 8.66. The van der Waals surface area contributed by atoms with Crippen LogP contribution in [0.2, 0.25) is 0 Å². The van der Waals surface area contributed by atoms with Crippen LogP contribution in [0.1, 0.15) is 63.1 Å². The number of anilines is 1. The van der Waals surface area contributed by atoms with Gasteiger partial charge in [0, 0.05) is 25.6 Å². The SMILES string of the molecule is CC[C@H](C)NC(=O)[C@H](CC)N(Cc1ccccc1)C(=O)CCCN(c1cc(C)cc(C)c1)S(C)(=O)=O. The summed E-state index contributed by atoms with van der Waals surface area (Å²) in [6.45, 7) is 10.2. The molecule has 0 radical (unpaired) electrons. The highest BCUT2D eigenvalue weighted by Gasteiger charge is 2.29. The van der Waals surface area contributed by atoms with Gasteiger partial charge >= 0.3 is 0 Å². The molecule has 0 unspecified atom stereocenters. The number of aryl methyl sites for hydroxylation is 2. The maximum Gasteiger partial charge on any atom is 0.243 e. The number of amides is 2. The van der Waals surface area contributed by atoms with Crippen LogP contribution in [-0.2, 0) is 26.2 Å². The second-order valence-corrected chi connectivity index (χ2v) is 11.4. The summed E-state index contributed by atoms with van der Waals surface area (Å²) in [6, 6.07) is 14.7. The Morgan fingerprint density at radius 1 is 0.972 bits per heavy atom. The maximum atomic E-state index is 13.5. The van der Waals surface area contributed by atoms with E-state index in [-0.39, 0.29) is 30.8 Å². The topological polar surface area (TPSA) is 86.8 Å². The van der Waals surface area contributed by atoms with Crippen LogP contribution in [0.25, 0.3) is 0 Å². The van der Waals surface area contributed by atoms with Crippen LogP contribution < -0.4 is 9.62 Å². The average Bonchev–Trinajstić information content (AvgIpc) is 2.80. The van der Waals surface area contributed by atoms with Gasteiger partial charge in [-0.25, -0.2) is 8.42 Å². The molecule has 0 fully saturated rings. The van der Waals surface area contributed by atoms with Crippen molar-refractivity contribution in [1.29, 1.82) is 0 Å². The number of benzene rings is 2. The van der Waals surface area contributed by atoms with E-state index in [4.69, 9.17) is 0 Å². The zero-order valence-electron chi connectivity index (χ0n) is 22.5. The fourth-order valence-corrected chi connectivity index (χ4v) is 5.19. The van der Waals surface area contributed by atoms with Crippen LogP contribution in [0.5, 0.6) is 0 Å². The second-order valence-electron chi connectivity index (χ2n) is 9.53. The monoisotopic (exact) mass is 515 g/mol. The number of nitrogens with one attached hydrogen (secondary N) is 1. The van der Waals surface area contributed by atoms with E-state index in [1.54, 1.807) is 4.90 Å². The van der Waals surface area contributed by atoms with Crippen LogP contribution in [0, 0.1) is 13.8 Å². The Hall–Kier alpha value is -2.87. The first-order valence-electron chi connectivity index (χ1n) is 12.7. The highest BCUT2D eigenvalue weighted by Crippen LogP contribution is 2.22. The molecule has 0 aliphatic carbocycles. The Labute approximate surface area is 216 Å². The van der Waals surface area contributed by atoms with E-state index in [0.29, 0.717) is 25.1 Å². The van der Waals surface area contributed by atoms with Gasteiger partial charge < -0.3 is 10.2 Å². The van der Waals surface area contributed by atoms with Gasteiger partial charge in [0.2, 0.25) is 21.8 Å². The van der Waals surface area contributed by atoms with Gasteiger partial charge in [-0.2, -0.15) is 0 Å². The van der Waals surface area contributed by atoms with E-state index >= 15 is 0 Å². The third-order valence-corrected chi connectivity index (χ3v) is 7.42. The molecule has 8 heteroatoms. The molecule has 7 nitrogen and oxygen atoms in total. The van der Waals surface area contributed by atoms with Gasteiger partial charge in [-0.05, 0) is 68.9 Å².